The molecule has 1 rings (SSSR count). The Morgan fingerprint density at radius 1 is 1.50 bits per heavy atom. The molecule has 1 heterocycles. The molecule has 0 aliphatic carbocycles. The molecule has 0 saturated carbocycles. The van der Waals surface area contributed by atoms with Crippen LogP contribution in [0, 0.1) is 5.92 Å². The first-order chi connectivity index (χ1) is 8.60. The molecule has 0 spiro atoms. The summed E-state index contributed by atoms with van der Waals surface area (Å²) >= 11 is 0. The molecular weight excluding hydrogens is 230 g/mol. The summed E-state index contributed by atoms with van der Waals surface area (Å²) in [5.41, 5.74) is -0.0684. The summed E-state index contributed by atoms with van der Waals surface area (Å²) in [5.74, 6) is 0.771. The Kier molecular flexibility index (Phi) is 5.85. The minimum absolute atomic E-state index is 0.0684. The van der Waals surface area contributed by atoms with Gasteiger partial charge < -0.3 is 14.6 Å². The standard InChI is InChI=1S/C13H23N3O2/c1-5-7-16-8-6-14-12(13(16)17)15-11(9-18-4)10(2)3/h6,8,10-11H,5,7,9H2,1-4H3,(H,14,15). The highest BCUT2D eigenvalue weighted by atomic mass is 16.5. The molecule has 18 heavy (non-hydrogen) atoms. The van der Waals surface area contributed by atoms with Crippen LogP contribution in [-0.2, 0) is 11.3 Å². The number of hydrogen-bond donors (Lipinski definition) is 1. The Balaban J connectivity index is 2.89. The molecule has 0 aliphatic rings. The Labute approximate surface area is 108 Å². The van der Waals surface area contributed by atoms with Gasteiger partial charge in [0.2, 0.25) is 0 Å². The molecule has 1 aromatic rings. The van der Waals surface area contributed by atoms with Crippen LogP contribution < -0.4 is 10.9 Å². The van der Waals surface area contributed by atoms with Crippen LogP contribution in [0.1, 0.15) is 27.2 Å². The summed E-state index contributed by atoms with van der Waals surface area (Å²) in [7, 11) is 1.66. The van der Waals surface area contributed by atoms with Gasteiger partial charge in [0.05, 0.1) is 12.6 Å². The van der Waals surface area contributed by atoms with E-state index in [1.807, 2.05) is 6.92 Å². The molecule has 0 amide bonds. The fourth-order valence-corrected chi connectivity index (χ4v) is 1.72. The van der Waals surface area contributed by atoms with Crippen molar-refractivity contribution in [2.24, 2.45) is 5.92 Å². The SMILES string of the molecule is CCCn1ccnc(NC(COC)C(C)C)c1=O. The first-order valence-electron chi connectivity index (χ1n) is 6.41. The van der Waals surface area contributed by atoms with Gasteiger partial charge in [0, 0.05) is 26.0 Å². The quantitative estimate of drug-likeness (QED) is 0.804. The maximum atomic E-state index is 12.1. The predicted molar refractivity (Wildman–Crippen MR) is 72.9 cm³/mol. The molecule has 1 N–H and O–H groups in total. The molecule has 102 valence electrons. The number of aromatic nitrogens is 2. The largest absolute Gasteiger partial charge is 0.383 e. The van der Waals surface area contributed by atoms with Crippen molar-refractivity contribution in [1.29, 1.82) is 0 Å². The van der Waals surface area contributed by atoms with Crippen LogP contribution in [0.25, 0.3) is 0 Å². The average molecular weight is 253 g/mol. The number of nitrogens with one attached hydrogen (secondary N) is 1. The summed E-state index contributed by atoms with van der Waals surface area (Å²) < 4.78 is 6.84. The van der Waals surface area contributed by atoms with Gasteiger partial charge >= 0.3 is 0 Å². The lowest BCUT2D eigenvalue weighted by molar-refractivity contribution is 0.171. The highest BCUT2D eigenvalue weighted by Gasteiger charge is 2.15. The van der Waals surface area contributed by atoms with E-state index in [-0.39, 0.29) is 11.6 Å². The van der Waals surface area contributed by atoms with Gasteiger partial charge in [-0.3, -0.25) is 4.79 Å². The molecule has 0 radical (unpaired) electrons. The fourth-order valence-electron chi connectivity index (χ4n) is 1.72. The summed E-state index contributed by atoms with van der Waals surface area (Å²) in [4.78, 5) is 16.2. The Bertz CT molecular complexity index is 415. The van der Waals surface area contributed by atoms with E-state index in [0.717, 1.165) is 6.42 Å². The van der Waals surface area contributed by atoms with Crippen LogP contribution in [0.2, 0.25) is 0 Å². The minimum atomic E-state index is -0.0684. The number of ether oxygens (including phenoxy) is 1. The molecule has 5 heteroatoms. The maximum absolute atomic E-state index is 12.1. The van der Waals surface area contributed by atoms with E-state index in [0.29, 0.717) is 24.9 Å². The molecule has 0 saturated heterocycles. The van der Waals surface area contributed by atoms with Gasteiger partial charge in [0.15, 0.2) is 5.82 Å². The number of anilines is 1. The molecule has 0 aliphatic heterocycles. The van der Waals surface area contributed by atoms with E-state index in [9.17, 15) is 4.79 Å². The van der Waals surface area contributed by atoms with Gasteiger partial charge in [-0.25, -0.2) is 4.98 Å². The number of hydrogen-bond acceptors (Lipinski definition) is 4. The second-order valence-corrected chi connectivity index (χ2v) is 4.72. The zero-order valence-electron chi connectivity index (χ0n) is 11.6. The highest BCUT2D eigenvalue weighted by Crippen LogP contribution is 2.07. The molecule has 0 fully saturated rings. The molecule has 0 bridgehead atoms. The van der Waals surface area contributed by atoms with Crippen LogP contribution >= 0.6 is 0 Å². The molecule has 1 atom stereocenters. The van der Waals surface area contributed by atoms with E-state index >= 15 is 0 Å². The van der Waals surface area contributed by atoms with Gasteiger partial charge in [-0.1, -0.05) is 20.8 Å². The van der Waals surface area contributed by atoms with Gasteiger partial charge in [0.1, 0.15) is 0 Å². The van der Waals surface area contributed by atoms with E-state index < -0.39 is 0 Å². The molecule has 1 unspecified atom stereocenters. The lowest BCUT2D eigenvalue weighted by Gasteiger charge is -2.21. The smallest absolute Gasteiger partial charge is 0.293 e. The Morgan fingerprint density at radius 2 is 2.22 bits per heavy atom. The van der Waals surface area contributed by atoms with Crippen LogP contribution in [0.5, 0.6) is 0 Å². The fraction of sp³-hybridized carbons (Fsp3) is 0.692. The van der Waals surface area contributed by atoms with Gasteiger partial charge in [-0.2, -0.15) is 0 Å². The van der Waals surface area contributed by atoms with E-state index in [2.05, 4.69) is 24.1 Å². The monoisotopic (exact) mass is 253 g/mol. The van der Waals surface area contributed by atoms with E-state index in [4.69, 9.17) is 4.74 Å². The van der Waals surface area contributed by atoms with Crippen LogP contribution in [0.4, 0.5) is 5.82 Å². The summed E-state index contributed by atoms with van der Waals surface area (Å²) in [6.07, 6.45) is 4.30. The molecule has 5 nitrogen and oxygen atoms in total. The average Bonchev–Trinajstić information content (AvgIpc) is 2.33. The van der Waals surface area contributed by atoms with Crippen LogP contribution in [-0.4, -0.2) is 29.3 Å². The van der Waals surface area contributed by atoms with Gasteiger partial charge in [0.25, 0.3) is 5.56 Å². The second kappa shape index (κ2) is 7.16. The third-order valence-electron chi connectivity index (χ3n) is 2.85. The zero-order valence-corrected chi connectivity index (χ0v) is 11.6. The van der Waals surface area contributed by atoms with Crippen molar-refractivity contribution in [3.63, 3.8) is 0 Å². The number of nitrogens with zero attached hydrogens (tertiary/aromatic N) is 2. The molecule has 1 aromatic heterocycles. The highest BCUT2D eigenvalue weighted by molar-refractivity contribution is 5.32. The van der Waals surface area contributed by atoms with Crippen molar-refractivity contribution in [1.82, 2.24) is 9.55 Å². The molecule has 0 aromatic carbocycles. The maximum Gasteiger partial charge on any atom is 0.293 e. The van der Waals surface area contributed by atoms with Crippen LogP contribution in [0.3, 0.4) is 0 Å². The summed E-state index contributed by atoms with van der Waals surface area (Å²) in [6, 6.07) is 0.0904. The van der Waals surface area contributed by atoms with Crippen molar-refractivity contribution in [2.75, 3.05) is 19.0 Å². The lowest BCUT2D eigenvalue weighted by Crippen LogP contribution is -2.35. The van der Waals surface area contributed by atoms with Crippen molar-refractivity contribution in [3.05, 3.63) is 22.7 Å². The zero-order chi connectivity index (χ0) is 13.5. The summed E-state index contributed by atoms with van der Waals surface area (Å²) in [5, 5.41) is 3.18. The Hall–Kier alpha value is -1.36. The minimum Gasteiger partial charge on any atom is -0.383 e. The first-order valence-corrected chi connectivity index (χ1v) is 6.41. The van der Waals surface area contributed by atoms with Crippen molar-refractivity contribution >= 4 is 5.82 Å². The van der Waals surface area contributed by atoms with Crippen LogP contribution in [0.15, 0.2) is 17.2 Å². The number of aryl methyl sites for hydroxylation is 1. The normalized spacial score (nSPS) is 12.7. The van der Waals surface area contributed by atoms with E-state index in [1.165, 1.54) is 0 Å². The van der Waals surface area contributed by atoms with Crippen molar-refractivity contribution < 1.29 is 4.74 Å². The van der Waals surface area contributed by atoms with Gasteiger partial charge in [-0.05, 0) is 12.3 Å². The second-order valence-electron chi connectivity index (χ2n) is 4.72. The topological polar surface area (TPSA) is 56.1 Å². The van der Waals surface area contributed by atoms with Gasteiger partial charge in [-0.15, -0.1) is 0 Å². The molecular formula is C13H23N3O2. The first kappa shape index (κ1) is 14.7. The number of rotatable bonds is 7. The van der Waals surface area contributed by atoms with Crippen molar-refractivity contribution in [3.8, 4) is 0 Å². The Morgan fingerprint density at radius 3 is 2.78 bits per heavy atom. The van der Waals surface area contributed by atoms with E-state index in [1.54, 1.807) is 24.1 Å². The number of methoxy groups -OCH3 is 1. The predicted octanol–water partition coefficient (Wildman–Crippen LogP) is 1.74. The summed E-state index contributed by atoms with van der Waals surface area (Å²) in [6.45, 7) is 7.49. The lowest BCUT2D eigenvalue weighted by atomic mass is 10.1. The third-order valence-corrected chi connectivity index (χ3v) is 2.85. The third kappa shape index (κ3) is 3.84. The van der Waals surface area contributed by atoms with Crippen molar-refractivity contribution in [2.45, 2.75) is 39.8 Å².